The zero-order valence-corrected chi connectivity index (χ0v) is 14.1. The number of carbonyl (C=O) groups is 1. The number of alkyl halides is 2. The van der Waals surface area contributed by atoms with E-state index in [2.05, 4.69) is 17.0 Å². The van der Waals surface area contributed by atoms with E-state index in [4.69, 9.17) is 4.74 Å². The van der Waals surface area contributed by atoms with E-state index >= 15 is 0 Å². The van der Waals surface area contributed by atoms with Gasteiger partial charge in [0.25, 0.3) is 5.91 Å². The molecule has 0 radical (unpaired) electrons. The molecule has 2 rings (SSSR count). The Kier molecular flexibility index (Phi) is 6.78. The van der Waals surface area contributed by atoms with Crippen LogP contribution >= 0.6 is 0 Å². The Morgan fingerprint density at radius 3 is 2.67 bits per heavy atom. The van der Waals surface area contributed by atoms with Gasteiger partial charge in [-0.25, -0.2) is 0 Å². The van der Waals surface area contributed by atoms with E-state index in [-0.39, 0.29) is 17.4 Å². The van der Waals surface area contributed by atoms with Gasteiger partial charge in [-0.15, -0.1) is 0 Å². The summed E-state index contributed by atoms with van der Waals surface area (Å²) in [5, 5.41) is 2.86. The molecule has 5 nitrogen and oxygen atoms in total. The van der Waals surface area contributed by atoms with Gasteiger partial charge < -0.3 is 19.7 Å². The monoisotopic (exact) mass is 343 g/mol. The van der Waals surface area contributed by atoms with Crippen molar-refractivity contribution in [2.75, 3.05) is 26.7 Å². The largest absolute Gasteiger partial charge is 0.493 e. The van der Waals surface area contributed by atoms with Crippen molar-refractivity contribution in [1.29, 1.82) is 0 Å². The standard InChI is InChI=1S/C17H24F2N2O3/c1-12-5-7-21(8-6-12)11-16(22)20-10-13-3-4-14(24-17(18)19)15(9-13)23-2/h3-4,9,12,17H,5-8,10-11H2,1-2H3,(H,20,22)/p+1. The molecule has 1 saturated heterocycles. The molecule has 1 aliphatic heterocycles. The first-order chi connectivity index (χ1) is 11.5. The van der Waals surface area contributed by atoms with Crippen LogP contribution in [0.15, 0.2) is 18.2 Å². The molecule has 24 heavy (non-hydrogen) atoms. The minimum Gasteiger partial charge on any atom is -0.493 e. The van der Waals surface area contributed by atoms with Gasteiger partial charge in [-0.3, -0.25) is 4.79 Å². The van der Waals surface area contributed by atoms with E-state index in [1.54, 1.807) is 12.1 Å². The van der Waals surface area contributed by atoms with E-state index < -0.39 is 6.61 Å². The average Bonchev–Trinajstić information content (AvgIpc) is 2.55. The zero-order chi connectivity index (χ0) is 17.5. The molecule has 1 aromatic carbocycles. The molecule has 134 valence electrons. The minimum absolute atomic E-state index is 0.00794. The molecule has 0 aromatic heterocycles. The van der Waals surface area contributed by atoms with Crippen LogP contribution in [0.25, 0.3) is 0 Å². The molecule has 1 amide bonds. The topological polar surface area (TPSA) is 52.0 Å². The summed E-state index contributed by atoms with van der Waals surface area (Å²) in [6, 6.07) is 4.65. The second-order valence-electron chi connectivity index (χ2n) is 6.25. The van der Waals surface area contributed by atoms with Crippen LogP contribution in [0, 0.1) is 5.92 Å². The molecular formula is C17H25F2N2O3+. The molecule has 0 bridgehead atoms. The van der Waals surface area contributed by atoms with Gasteiger partial charge in [-0.1, -0.05) is 13.0 Å². The summed E-state index contributed by atoms with van der Waals surface area (Å²) in [5.74, 6) is 0.942. The van der Waals surface area contributed by atoms with Crippen molar-refractivity contribution in [1.82, 2.24) is 5.32 Å². The number of hydrogen-bond donors (Lipinski definition) is 2. The van der Waals surface area contributed by atoms with Crippen molar-refractivity contribution in [3.05, 3.63) is 23.8 Å². The Morgan fingerprint density at radius 2 is 2.04 bits per heavy atom. The van der Waals surface area contributed by atoms with E-state index in [0.29, 0.717) is 13.1 Å². The lowest BCUT2D eigenvalue weighted by atomic mass is 9.99. The lowest BCUT2D eigenvalue weighted by Crippen LogP contribution is -3.14. The van der Waals surface area contributed by atoms with Gasteiger partial charge in [0.05, 0.1) is 20.2 Å². The highest BCUT2D eigenvalue weighted by atomic mass is 19.3. The summed E-state index contributed by atoms with van der Waals surface area (Å²) in [6.07, 6.45) is 2.32. The van der Waals surface area contributed by atoms with Crippen molar-refractivity contribution in [2.24, 2.45) is 5.92 Å². The summed E-state index contributed by atoms with van der Waals surface area (Å²) in [5.41, 5.74) is 0.768. The van der Waals surface area contributed by atoms with E-state index in [1.165, 1.54) is 18.1 Å². The first-order valence-corrected chi connectivity index (χ1v) is 8.20. The quantitative estimate of drug-likeness (QED) is 0.783. The molecule has 0 unspecified atom stereocenters. The third kappa shape index (κ3) is 5.63. The maximum Gasteiger partial charge on any atom is 0.387 e. The average molecular weight is 343 g/mol. The number of halogens is 2. The van der Waals surface area contributed by atoms with Crippen LogP contribution in [0.2, 0.25) is 0 Å². The summed E-state index contributed by atoms with van der Waals surface area (Å²) in [6.45, 7) is 2.19. The predicted molar refractivity (Wildman–Crippen MR) is 85.4 cm³/mol. The number of hydrogen-bond acceptors (Lipinski definition) is 3. The number of carbonyl (C=O) groups excluding carboxylic acids is 1. The third-order valence-corrected chi connectivity index (χ3v) is 4.33. The molecule has 0 aliphatic carbocycles. The fraction of sp³-hybridized carbons (Fsp3) is 0.588. The summed E-state index contributed by atoms with van der Waals surface area (Å²) < 4.78 is 34.0. The number of quaternary nitrogens is 1. The highest BCUT2D eigenvalue weighted by Gasteiger charge is 2.21. The van der Waals surface area contributed by atoms with Crippen molar-refractivity contribution in [3.63, 3.8) is 0 Å². The number of methoxy groups -OCH3 is 1. The van der Waals surface area contributed by atoms with Gasteiger partial charge in [-0.2, -0.15) is 8.78 Å². The highest BCUT2D eigenvalue weighted by Crippen LogP contribution is 2.29. The maximum absolute atomic E-state index is 12.3. The lowest BCUT2D eigenvalue weighted by Gasteiger charge is -2.26. The maximum atomic E-state index is 12.3. The Hall–Kier alpha value is -1.89. The number of ether oxygens (including phenoxy) is 2. The molecule has 1 aliphatic rings. The van der Waals surface area contributed by atoms with Gasteiger partial charge in [0.2, 0.25) is 0 Å². The SMILES string of the molecule is COc1cc(CNC(=O)C[NH+]2CCC(C)CC2)ccc1OC(F)F. The van der Waals surface area contributed by atoms with E-state index in [1.807, 2.05) is 0 Å². The Bertz CT molecular complexity index is 547. The summed E-state index contributed by atoms with van der Waals surface area (Å²) in [4.78, 5) is 13.4. The van der Waals surface area contributed by atoms with Gasteiger partial charge in [-0.05, 0) is 36.5 Å². The second kappa shape index (κ2) is 8.82. The Morgan fingerprint density at radius 1 is 1.33 bits per heavy atom. The second-order valence-corrected chi connectivity index (χ2v) is 6.25. The first-order valence-electron chi connectivity index (χ1n) is 8.20. The van der Waals surface area contributed by atoms with Crippen LogP contribution in [0.3, 0.4) is 0 Å². The molecular weight excluding hydrogens is 318 g/mol. The van der Waals surface area contributed by atoms with Crippen LogP contribution in [0.5, 0.6) is 11.5 Å². The van der Waals surface area contributed by atoms with Crippen molar-refractivity contribution in [3.8, 4) is 11.5 Å². The van der Waals surface area contributed by atoms with Gasteiger partial charge in [0.1, 0.15) is 0 Å². The molecule has 1 fully saturated rings. The number of nitrogens with one attached hydrogen (secondary N) is 2. The lowest BCUT2D eigenvalue weighted by molar-refractivity contribution is -0.898. The van der Waals surface area contributed by atoms with Gasteiger partial charge in [0.15, 0.2) is 18.0 Å². The summed E-state index contributed by atoms with van der Waals surface area (Å²) >= 11 is 0. The molecule has 2 N–H and O–H groups in total. The minimum atomic E-state index is -2.90. The van der Waals surface area contributed by atoms with Crippen LogP contribution in [0.4, 0.5) is 8.78 Å². The Balaban J connectivity index is 1.83. The number of piperidine rings is 1. The Labute approximate surface area is 140 Å². The van der Waals surface area contributed by atoms with Crippen LogP contribution < -0.4 is 19.7 Å². The summed E-state index contributed by atoms with van der Waals surface area (Å²) in [7, 11) is 1.39. The molecule has 0 atom stereocenters. The predicted octanol–water partition coefficient (Wildman–Crippen LogP) is 1.23. The third-order valence-electron chi connectivity index (χ3n) is 4.33. The molecule has 1 heterocycles. The van der Waals surface area contributed by atoms with Crippen LogP contribution in [-0.4, -0.2) is 39.3 Å². The highest BCUT2D eigenvalue weighted by molar-refractivity contribution is 5.76. The fourth-order valence-electron chi connectivity index (χ4n) is 2.85. The van der Waals surface area contributed by atoms with Crippen molar-refractivity contribution >= 4 is 5.91 Å². The number of benzene rings is 1. The van der Waals surface area contributed by atoms with Crippen LogP contribution in [0.1, 0.15) is 25.3 Å². The molecule has 7 heteroatoms. The van der Waals surface area contributed by atoms with Crippen molar-refractivity contribution in [2.45, 2.75) is 32.9 Å². The van der Waals surface area contributed by atoms with E-state index in [0.717, 1.165) is 37.4 Å². The van der Waals surface area contributed by atoms with Crippen molar-refractivity contribution < 1.29 is 27.9 Å². The first kappa shape index (κ1) is 18.4. The number of rotatable bonds is 7. The zero-order valence-electron chi connectivity index (χ0n) is 14.1. The molecule has 1 aromatic rings. The van der Waals surface area contributed by atoms with Gasteiger partial charge in [0, 0.05) is 6.54 Å². The fourth-order valence-corrected chi connectivity index (χ4v) is 2.85. The number of amides is 1. The number of likely N-dealkylation sites (tertiary alicyclic amines) is 1. The van der Waals surface area contributed by atoms with Crippen LogP contribution in [-0.2, 0) is 11.3 Å². The molecule has 0 saturated carbocycles. The smallest absolute Gasteiger partial charge is 0.387 e. The normalized spacial score (nSPS) is 20.7. The van der Waals surface area contributed by atoms with E-state index in [9.17, 15) is 13.6 Å². The molecule has 0 spiro atoms. The van der Waals surface area contributed by atoms with Gasteiger partial charge >= 0.3 is 6.61 Å².